The van der Waals surface area contributed by atoms with Gasteiger partial charge in [-0.25, -0.2) is 0 Å². The van der Waals surface area contributed by atoms with Gasteiger partial charge in [0.1, 0.15) is 11.3 Å². The average Bonchev–Trinajstić information content (AvgIpc) is 2.66. The summed E-state index contributed by atoms with van der Waals surface area (Å²) in [5, 5.41) is 11.1. The first-order valence-corrected chi connectivity index (χ1v) is 8.69. The van der Waals surface area contributed by atoms with Gasteiger partial charge in [-0.1, -0.05) is 23.7 Å². The van der Waals surface area contributed by atoms with Gasteiger partial charge in [-0.2, -0.15) is 0 Å². The molecule has 3 aromatic rings. The van der Waals surface area contributed by atoms with E-state index in [4.69, 9.17) is 28.6 Å². The number of methoxy groups -OCH3 is 1. The quantitative estimate of drug-likeness (QED) is 0.498. The van der Waals surface area contributed by atoms with Gasteiger partial charge in [-0.15, -0.1) is 5.73 Å². The SMILES string of the molecule is COc1ccc(C=C=Cc2c(O)n(-c3ccc(Cl)cc3)c(=S)[nH]c2=O)cc1. The highest BCUT2D eigenvalue weighted by Gasteiger charge is 2.11. The Morgan fingerprint density at radius 2 is 1.81 bits per heavy atom. The summed E-state index contributed by atoms with van der Waals surface area (Å²) in [5.41, 5.74) is 3.89. The predicted molar refractivity (Wildman–Crippen MR) is 109 cm³/mol. The van der Waals surface area contributed by atoms with E-state index < -0.39 is 5.56 Å². The van der Waals surface area contributed by atoms with Gasteiger partial charge in [0, 0.05) is 5.02 Å². The van der Waals surface area contributed by atoms with Crippen molar-refractivity contribution in [2.24, 2.45) is 0 Å². The summed E-state index contributed by atoms with van der Waals surface area (Å²) in [6.45, 7) is 0. The van der Waals surface area contributed by atoms with Crippen LogP contribution in [0.1, 0.15) is 11.1 Å². The van der Waals surface area contributed by atoms with Crippen LogP contribution in [0.15, 0.2) is 59.1 Å². The van der Waals surface area contributed by atoms with Crippen molar-refractivity contribution in [2.45, 2.75) is 0 Å². The zero-order valence-electron chi connectivity index (χ0n) is 14.3. The molecular formula is C20H15ClN2O3S. The molecule has 0 saturated carbocycles. The molecule has 0 aliphatic carbocycles. The topological polar surface area (TPSA) is 67.2 Å². The van der Waals surface area contributed by atoms with Crippen LogP contribution in [0.4, 0.5) is 0 Å². The van der Waals surface area contributed by atoms with Crippen LogP contribution in [0.2, 0.25) is 5.02 Å². The van der Waals surface area contributed by atoms with Gasteiger partial charge in [-0.05, 0) is 66.3 Å². The first kappa shape index (κ1) is 18.7. The van der Waals surface area contributed by atoms with E-state index in [1.807, 2.05) is 24.3 Å². The van der Waals surface area contributed by atoms with Crippen LogP contribution in [-0.2, 0) is 0 Å². The summed E-state index contributed by atoms with van der Waals surface area (Å²) in [6.07, 6.45) is 3.09. The zero-order valence-corrected chi connectivity index (χ0v) is 15.8. The van der Waals surface area contributed by atoms with Crippen molar-refractivity contribution in [3.05, 3.63) is 85.5 Å². The van der Waals surface area contributed by atoms with Crippen molar-refractivity contribution in [3.8, 4) is 17.3 Å². The summed E-state index contributed by atoms with van der Waals surface area (Å²) in [5.74, 6) is 0.469. The lowest BCUT2D eigenvalue weighted by atomic mass is 10.2. The molecule has 2 N–H and O–H groups in total. The third kappa shape index (κ3) is 4.20. The highest BCUT2D eigenvalue weighted by atomic mass is 35.5. The van der Waals surface area contributed by atoms with E-state index in [1.165, 1.54) is 10.6 Å². The van der Waals surface area contributed by atoms with Gasteiger partial charge in [0.2, 0.25) is 5.88 Å². The smallest absolute Gasteiger partial charge is 0.263 e. The maximum Gasteiger partial charge on any atom is 0.263 e. The molecule has 0 radical (unpaired) electrons. The Hall–Kier alpha value is -3.05. The third-order valence-electron chi connectivity index (χ3n) is 3.80. The monoisotopic (exact) mass is 398 g/mol. The van der Waals surface area contributed by atoms with E-state index in [0.717, 1.165) is 11.3 Å². The average molecular weight is 399 g/mol. The Balaban J connectivity index is 2.03. The number of rotatable bonds is 4. The highest BCUT2D eigenvalue weighted by molar-refractivity contribution is 7.71. The number of hydrogen-bond acceptors (Lipinski definition) is 4. The fourth-order valence-electron chi connectivity index (χ4n) is 2.42. The minimum atomic E-state index is -0.502. The molecule has 27 heavy (non-hydrogen) atoms. The number of ether oxygens (including phenoxy) is 1. The summed E-state index contributed by atoms with van der Waals surface area (Å²) in [4.78, 5) is 14.8. The Morgan fingerprint density at radius 1 is 1.15 bits per heavy atom. The van der Waals surface area contributed by atoms with E-state index in [9.17, 15) is 9.90 Å². The van der Waals surface area contributed by atoms with Crippen molar-refractivity contribution in [3.63, 3.8) is 0 Å². The Kier molecular flexibility index (Phi) is 5.62. The van der Waals surface area contributed by atoms with Gasteiger partial charge >= 0.3 is 0 Å². The van der Waals surface area contributed by atoms with E-state index in [1.54, 1.807) is 37.5 Å². The number of aromatic amines is 1. The minimum absolute atomic E-state index is 0.0447. The van der Waals surface area contributed by atoms with E-state index in [0.29, 0.717) is 10.7 Å². The molecule has 0 atom stereocenters. The van der Waals surface area contributed by atoms with Crippen molar-refractivity contribution < 1.29 is 9.84 Å². The van der Waals surface area contributed by atoms with Gasteiger partial charge < -0.3 is 9.84 Å². The number of halogens is 1. The Bertz CT molecular complexity index is 1140. The fraction of sp³-hybridized carbons (Fsp3) is 0.0500. The van der Waals surface area contributed by atoms with Gasteiger partial charge in [0.15, 0.2) is 4.77 Å². The maximum absolute atomic E-state index is 12.2. The normalized spacial score (nSPS) is 10.1. The lowest BCUT2D eigenvalue weighted by molar-refractivity contribution is 0.415. The summed E-state index contributed by atoms with van der Waals surface area (Å²) < 4.78 is 6.54. The van der Waals surface area contributed by atoms with E-state index >= 15 is 0 Å². The van der Waals surface area contributed by atoms with Crippen LogP contribution in [0.5, 0.6) is 11.6 Å². The molecule has 0 aliphatic rings. The molecule has 0 unspecified atom stereocenters. The van der Waals surface area contributed by atoms with Crippen LogP contribution in [0.25, 0.3) is 17.8 Å². The summed E-state index contributed by atoms with van der Waals surface area (Å²) in [6, 6.07) is 14.1. The van der Waals surface area contributed by atoms with Crippen molar-refractivity contribution in [1.82, 2.24) is 9.55 Å². The lowest BCUT2D eigenvalue weighted by Crippen LogP contribution is -2.15. The predicted octanol–water partition coefficient (Wildman–Crippen LogP) is 4.59. The largest absolute Gasteiger partial charge is 0.497 e. The lowest BCUT2D eigenvalue weighted by Gasteiger charge is -2.11. The molecule has 0 spiro atoms. The maximum atomic E-state index is 12.2. The number of benzene rings is 2. The number of aromatic hydroxyl groups is 1. The molecule has 3 rings (SSSR count). The molecule has 0 saturated heterocycles. The molecule has 1 aromatic heterocycles. The van der Waals surface area contributed by atoms with Gasteiger partial charge in [0.25, 0.3) is 5.56 Å². The van der Waals surface area contributed by atoms with Crippen molar-refractivity contribution >= 4 is 36.0 Å². The minimum Gasteiger partial charge on any atom is -0.497 e. The molecule has 0 aliphatic heterocycles. The van der Waals surface area contributed by atoms with Crippen LogP contribution in [-0.4, -0.2) is 21.8 Å². The number of nitrogens with one attached hydrogen (secondary N) is 1. The van der Waals surface area contributed by atoms with Crippen LogP contribution in [0, 0.1) is 4.77 Å². The molecular weight excluding hydrogens is 384 g/mol. The fourth-order valence-corrected chi connectivity index (χ4v) is 2.83. The molecule has 0 amide bonds. The zero-order chi connectivity index (χ0) is 19.4. The van der Waals surface area contributed by atoms with Gasteiger partial charge in [0.05, 0.1) is 12.8 Å². The Morgan fingerprint density at radius 3 is 2.44 bits per heavy atom. The summed E-state index contributed by atoms with van der Waals surface area (Å²) >= 11 is 11.1. The molecule has 1 heterocycles. The molecule has 7 heteroatoms. The third-order valence-corrected chi connectivity index (χ3v) is 4.34. The molecule has 0 fully saturated rings. The first-order valence-electron chi connectivity index (χ1n) is 7.90. The number of nitrogens with zero attached hydrogens (tertiary/aromatic N) is 1. The standard InChI is InChI=1S/C20H15ClN2O3S/c1-26-16-11-5-13(6-12-16)3-2-4-17-18(24)22-20(27)23(19(17)25)15-9-7-14(21)8-10-15/h3-12,25H,1H3,(H,22,24,27). The second-order valence-electron chi connectivity index (χ2n) is 5.54. The van der Waals surface area contributed by atoms with E-state index in [2.05, 4.69) is 10.7 Å². The first-order chi connectivity index (χ1) is 13.0. The molecule has 0 bridgehead atoms. The molecule has 136 valence electrons. The van der Waals surface area contributed by atoms with Crippen LogP contribution < -0.4 is 10.3 Å². The van der Waals surface area contributed by atoms with Crippen molar-refractivity contribution in [2.75, 3.05) is 7.11 Å². The number of hydrogen-bond donors (Lipinski definition) is 2. The summed E-state index contributed by atoms with van der Waals surface area (Å²) in [7, 11) is 1.60. The number of aromatic nitrogens is 2. The van der Waals surface area contributed by atoms with Crippen molar-refractivity contribution in [1.29, 1.82) is 0 Å². The molecule has 5 nitrogen and oxygen atoms in total. The van der Waals surface area contributed by atoms with Crippen LogP contribution in [0.3, 0.4) is 0 Å². The molecule has 2 aromatic carbocycles. The second-order valence-corrected chi connectivity index (χ2v) is 6.36. The van der Waals surface area contributed by atoms with Crippen LogP contribution >= 0.6 is 23.8 Å². The second kappa shape index (κ2) is 8.10. The number of H-pyrrole nitrogens is 1. The highest BCUT2D eigenvalue weighted by Crippen LogP contribution is 2.22. The van der Waals surface area contributed by atoms with Gasteiger partial charge in [-0.3, -0.25) is 14.3 Å². The van der Waals surface area contributed by atoms with E-state index in [-0.39, 0.29) is 16.2 Å². The Labute approximate surface area is 165 Å².